The van der Waals surface area contributed by atoms with Gasteiger partial charge in [-0.1, -0.05) is 97.1 Å². The fraction of sp³-hybridized carbons (Fsp3) is 0.0698. The maximum atomic E-state index is 10.8. The molecule has 47 heavy (non-hydrogen) atoms. The molecule has 0 bridgehead atoms. The Morgan fingerprint density at radius 2 is 0.851 bits per heavy atom. The van der Waals surface area contributed by atoms with Gasteiger partial charge in [0, 0.05) is 31.3 Å². The zero-order valence-electron chi connectivity index (χ0n) is 25.9. The van der Waals surface area contributed by atoms with Crippen LogP contribution in [0.15, 0.2) is 132 Å². The summed E-state index contributed by atoms with van der Waals surface area (Å²) in [5.74, 6) is 0.553. The van der Waals surface area contributed by atoms with Gasteiger partial charge in [-0.05, 0) is 105 Å². The van der Waals surface area contributed by atoms with Gasteiger partial charge in [0.2, 0.25) is 0 Å². The first kappa shape index (κ1) is 28.1. The van der Waals surface area contributed by atoms with E-state index in [0.717, 1.165) is 22.3 Å². The molecular weight excluding hydrogens is 613 g/mol. The van der Waals surface area contributed by atoms with E-state index in [4.69, 9.17) is 0 Å². The number of thiophene rings is 2. The highest BCUT2D eigenvalue weighted by molar-refractivity contribution is 7.18. The molecule has 4 heteroatoms. The first-order valence-corrected chi connectivity index (χ1v) is 17.5. The molecule has 0 saturated heterocycles. The Labute approximate surface area is 281 Å². The zero-order chi connectivity index (χ0) is 31.9. The van der Waals surface area contributed by atoms with Crippen LogP contribution in [-0.2, 0) is 5.41 Å². The summed E-state index contributed by atoms with van der Waals surface area (Å²) in [5, 5.41) is 28.7. The molecule has 0 atom stereocenters. The first-order chi connectivity index (χ1) is 23.0. The SMILES string of the molecule is Cc1cc(C2(c3ccc(O)c(C)c3)c3c(cccc3-c3csc4ccccc34)-c3cccc(-c4csc5ccccc45)c32)ccc1O. The summed E-state index contributed by atoms with van der Waals surface area (Å²) in [6.07, 6.45) is 0. The molecule has 2 heterocycles. The predicted octanol–water partition coefficient (Wildman–Crippen LogP) is 11.8. The number of rotatable bonds is 4. The Morgan fingerprint density at radius 3 is 1.28 bits per heavy atom. The number of phenols is 2. The molecule has 0 spiro atoms. The highest BCUT2D eigenvalue weighted by Gasteiger charge is 2.49. The zero-order valence-corrected chi connectivity index (χ0v) is 27.5. The van der Waals surface area contributed by atoms with Crippen molar-refractivity contribution in [3.8, 4) is 44.9 Å². The van der Waals surface area contributed by atoms with Crippen molar-refractivity contribution in [3.05, 3.63) is 165 Å². The molecule has 0 amide bonds. The van der Waals surface area contributed by atoms with Gasteiger partial charge in [-0.3, -0.25) is 0 Å². The molecule has 226 valence electrons. The van der Waals surface area contributed by atoms with E-state index in [9.17, 15) is 10.2 Å². The Morgan fingerprint density at radius 1 is 0.447 bits per heavy atom. The Bertz CT molecular complexity index is 2360. The van der Waals surface area contributed by atoms with Gasteiger partial charge in [-0.25, -0.2) is 0 Å². The van der Waals surface area contributed by atoms with E-state index in [0.29, 0.717) is 0 Å². The molecule has 2 aromatic heterocycles. The topological polar surface area (TPSA) is 40.5 Å². The minimum atomic E-state index is -0.763. The third-order valence-corrected chi connectivity index (χ3v) is 11.9. The molecule has 8 aromatic rings. The van der Waals surface area contributed by atoms with E-state index in [1.807, 2.05) is 26.0 Å². The molecule has 0 fully saturated rings. The average molecular weight is 643 g/mol. The van der Waals surface area contributed by atoms with Crippen LogP contribution in [0.1, 0.15) is 33.4 Å². The standard InChI is InChI=1S/C43H30O2S2/c1-25-21-27(17-19-37(25)44)43(28-18-20-38(45)26(2)22-28)41-31(11-7-13-33(41)35-23-46-39-15-5-3-9-29(35)39)32-12-8-14-34(42(32)43)36-24-47-40-16-6-4-10-30(36)40/h3-24,44-45H,1-2H3. The van der Waals surface area contributed by atoms with E-state index in [1.54, 1.807) is 22.7 Å². The highest BCUT2D eigenvalue weighted by Crippen LogP contribution is 2.62. The van der Waals surface area contributed by atoms with E-state index < -0.39 is 5.41 Å². The number of benzene rings is 6. The fourth-order valence-electron chi connectivity index (χ4n) is 7.83. The number of hydrogen-bond donors (Lipinski definition) is 2. The summed E-state index contributed by atoms with van der Waals surface area (Å²) in [4.78, 5) is 0. The third kappa shape index (κ3) is 3.95. The summed E-state index contributed by atoms with van der Waals surface area (Å²) in [6.45, 7) is 3.95. The van der Waals surface area contributed by atoms with Gasteiger partial charge in [0.25, 0.3) is 0 Å². The predicted molar refractivity (Wildman–Crippen MR) is 198 cm³/mol. The van der Waals surface area contributed by atoms with E-state index in [1.165, 1.54) is 64.7 Å². The number of fused-ring (bicyclic) bond motifs is 5. The number of aryl methyl sites for hydroxylation is 2. The van der Waals surface area contributed by atoms with Crippen molar-refractivity contribution in [2.45, 2.75) is 19.3 Å². The molecule has 0 aliphatic heterocycles. The van der Waals surface area contributed by atoms with Gasteiger partial charge in [0.1, 0.15) is 11.5 Å². The number of aromatic hydroxyl groups is 2. The quantitative estimate of drug-likeness (QED) is 0.201. The second-order valence-electron chi connectivity index (χ2n) is 12.5. The largest absolute Gasteiger partial charge is 0.508 e. The molecule has 1 aliphatic carbocycles. The van der Waals surface area contributed by atoms with Crippen molar-refractivity contribution in [1.29, 1.82) is 0 Å². The maximum absolute atomic E-state index is 10.8. The highest BCUT2D eigenvalue weighted by atomic mass is 32.1. The third-order valence-electron chi connectivity index (χ3n) is 9.97. The van der Waals surface area contributed by atoms with Crippen molar-refractivity contribution in [2.24, 2.45) is 0 Å². The molecule has 1 aliphatic rings. The smallest absolute Gasteiger partial charge is 0.118 e. The molecule has 2 N–H and O–H groups in total. The number of phenolic OH excluding ortho intramolecular Hbond substituents is 2. The lowest BCUT2D eigenvalue weighted by Crippen LogP contribution is -2.30. The minimum Gasteiger partial charge on any atom is -0.508 e. The molecule has 9 rings (SSSR count). The van der Waals surface area contributed by atoms with Gasteiger partial charge in [0.05, 0.1) is 5.41 Å². The lowest BCUT2D eigenvalue weighted by Gasteiger charge is -2.37. The van der Waals surface area contributed by atoms with E-state index in [2.05, 4.69) is 120 Å². The van der Waals surface area contributed by atoms with Crippen LogP contribution >= 0.6 is 22.7 Å². The van der Waals surface area contributed by atoms with Crippen molar-refractivity contribution in [3.63, 3.8) is 0 Å². The minimum absolute atomic E-state index is 0.276. The summed E-state index contributed by atoms with van der Waals surface area (Å²) >= 11 is 3.55. The lowest BCUT2D eigenvalue weighted by atomic mass is 9.64. The van der Waals surface area contributed by atoms with Crippen molar-refractivity contribution in [2.75, 3.05) is 0 Å². The number of hydrogen-bond acceptors (Lipinski definition) is 4. The van der Waals surface area contributed by atoms with Gasteiger partial charge in [0.15, 0.2) is 0 Å². The Hall–Kier alpha value is -5.16. The van der Waals surface area contributed by atoms with Gasteiger partial charge >= 0.3 is 0 Å². The van der Waals surface area contributed by atoms with Gasteiger partial charge in [-0.2, -0.15) is 0 Å². The fourth-order valence-corrected chi connectivity index (χ4v) is 9.75. The van der Waals surface area contributed by atoms with Crippen LogP contribution in [0.5, 0.6) is 11.5 Å². The average Bonchev–Trinajstić information content (AvgIpc) is 3.80. The molecule has 0 saturated carbocycles. The Balaban J connectivity index is 1.51. The maximum Gasteiger partial charge on any atom is 0.118 e. The lowest BCUT2D eigenvalue weighted by molar-refractivity contribution is 0.470. The van der Waals surface area contributed by atoms with Crippen LogP contribution in [-0.4, -0.2) is 10.2 Å². The summed E-state index contributed by atoms with van der Waals surface area (Å²) in [6, 6.07) is 42.9. The molecule has 0 radical (unpaired) electrons. The van der Waals surface area contributed by atoms with E-state index in [-0.39, 0.29) is 11.5 Å². The van der Waals surface area contributed by atoms with Gasteiger partial charge < -0.3 is 10.2 Å². The summed E-state index contributed by atoms with van der Waals surface area (Å²) in [7, 11) is 0. The second kappa shape index (κ2) is 10.4. The van der Waals surface area contributed by atoms with Crippen LogP contribution in [0, 0.1) is 13.8 Å². The van der Waals surface area contributed by atoms with Crippen molar-refractivity contribution < 1.29 is 10.2 Å². The molecule has 6 aromatic carbocycles. The molecular formula is C43H30O2S2. The van der Waals surface area contributed by atoms with Crippen LogP contribution in [0.2, 0.25) is 0 Å². The van der Waals surface area contributed by atoms with Crippen molar-refractivity contribution in [1.82, 2.24) is 0 Å². The van der Waals surface area contributed by atoms with Crippen LogP contribution in [0.25, 0.3) is 53.6 Å². The summed E-state index contributed by atoms with van der Waals surface area (Å²) in [5.41, 5.74) is 12.7. The molecule has 0 unspecified atom stereocenters. The van der Waals surface area contributed by atoms with Crippen molar-refractivity contribution >= 4 is 42.8 Å². The van der Waals surface area contributed by atoms with Crippen LogP contribution < -0.4 is 0 Å². The Kier molecular flexibility index (Phi) is 6.23. The first-order valence-electron chi connectivity index (χ1n) is 15.8. The van der Waals surface area contributed by atoms with Crippen LogP contribution in [0.3, 0.4) is 0 Å². The second-order valence-corrected chi connectivity index (χ2v) is 14.3. The summed E-state index contributed by atoms with van der Waals surface area (Å²) < 4.78 is 2.51. The monoisotopic (exact) mass is 642 g/mol. The van der Waals surface area contributed by atoms with E-state index >= 15 is 0 Å². The van der Waals surface area contributed by atoms with Crippen LogP contribution in [0.4, 0.5) is 0 Å². The van der Waals surface area contributed by atoms with Gasteiger partial charge in [-0.15, -0.1) is 22.7 Å². The molecule has 2 nitrogen and oxygen atoms in total. The normalized spacial score (nSPS) is 13.2.